The van der Waals surface area contributed by atoms with Crippen molar-refractivity contribution < 1.29 is 9.31 Å². The summed E-state index contributed by atoms with van der Waals surface area (Å²) < 4.78 is 12.4. The van der Waals surface area contributed by atoms with Gasteiger partial charge in [0.2, 0.25) is 0 Å². The van der Waals surface area contributed by atoms with Gasteiger partial charge < -0.3 is 14.6 Å². The predicted molar refractivity (Wildman–Crippen MR) is 104 cm³/mol. The Bertz CT molecular complexity index is 844. The van der Waals surface area contributed by atoms with Crippen LogP contribution in [0.4, 0.5) is 5.82 Å². The molecule has 0 amide bonds. The van der Waals surface area contributed by atoms with Crippen LogP contribution in [-0.2, 0) is 9.31 Å². The van der Waals surface area contributed by atoms with Gasteiger partial charge in [0.05, 0.1) is 11.2 Å². The summed E-state index contributed by atoms with van der Waals surface area (Å²) in [4.78, 5) is 4.64. The van der Waals surface area contributed by atoms with Crippen molar-refractivity contribution in [3.05, 3.63) is 36.0 Å². The maximum absolute atomic E-state index is 6.18. The number of nitrogens with one attached hydrogen (secondary N) is 1. The molecule has 130 valence electrons. The van der Waals surface area contributed by atoms with Crippen molar-refractivity contribution in [1.29, 1.82) is 0 Å². The average Bonchev–Trinajstić information content (AvgIpc) is 2.68. The topological polar surface area (TPSA) is 43.4 Å². The molecule has 1 aromatic heterocycles. The molecule has 4 rings (SSSR count). The van der Waals surface area contributed by atoms with Crippen molar-refractivity contribution in [2.45, 2.75) is 58.3 Å². The van der Waals surface area contributed by atoms with E-state index < -0.39 is 0 Å². The minimum Gasteiger partial charge on any atom is -0.399 e. The van der Waals surface area contributed by atoms with E-state index in [2.05, 4.69) is 75.3 Å². The molecule has 2 aromatic rings. The van der Waals surface area contributed by atoms with Crippen molar-refractivity contribution in [2.75, 3.05) is 5.32 Å². The molecule has 1 atom stereocenters. The summed E-state index contributed by atoms with van der Waals surface area (Å²) in [6.45, 7) is 10.5. The van der Waals surface area contributed by atoms with Gasteiger partial charge in [-0.2, -0.15) is 0 Å². The van der Waals surface area contributed by atoms with Gasteiger partial charge in [-0.15, -0.1) is 0 Å². The van der Waals surface area contributed by atoms with E-state index in [1.165, 1.54) is 5.39 Å². The van der Waals surface area contributed by atoms with Gasteiger partial charge in [0.25, 0.3) is 0 Å². The zero-order valence-corrected chi connectivity index (χ0v) is 15.6. The van der Waals surface area contributed by atoms with Crippen LogP contribution >= 0.6 is 0 Å². The van der Waals surface area contributed by atoms with Crippen LogP contribution in [0.25, 0.3) is 16.8 Å². The van der Waals surface area contributed by atoms with E-state index in [0.29, 0.717) is 6.04 Å². The normalized spacial score (nSPS) is 24.0. The Morgan fingerprint density at radius 2 is 1.88 bits per heavy atom. The van der Waals surface area contributed by atoms with Crippen molar-refractivity contribution in [3.63, 3.8) is 0 Å². The molecule has 1 fully saturated rings. The quantitative estimate of drug-likeness (QED) is 0.806. The largest absolute Gasteiger partial charge is 0.494 e. The van der Waals surface area contributed by atoms with Gasteiger partial charge in [-0.1, -0.05) is 30.4 Å². The minimum absolute atomic E-state index is 0.332. The van der Waals surface area contributed by atoms with Crippen LogP contribution in [0.2, 0.25) is 0 Å². The molecule has 0 bridgehead atoms. The van der Waals surface area contributed by atoms with Gasteiger partial charge in [0.1, 0.15) is 5.82 Å². The third-order valence-corrected chi connectivity index (χ3v) is 5.64. The molecule has 1 aromatic carbocycles. The standard InChI is InChI=1S/C20H25BN2O2/c1-13-7-6-8-17-16-10-9-15(11-14(16)12-22-18(17)23-13)21-24-19(2,3)20(4,5)25-21/h6,8-13H,7H2,1-5H3,(H,22,23). The summed E-state index contributed by atoms with van der Waals surface area (Å²) >= 11 is 0. The van der Waals surface area contributed by atoms with E-state index in [0.717, 1.165) is 28.7 Å². The van der Waals surface area contributed by atoms with E-state index in [1.54, 1.807) is 0 Å². The van der Waals surface area contributed by atoms with Crippen LogP contribution in [0, 0.1) is 0 Å². The first-order valence-electron chi connectivity index (χ1n) is 8.98. The van der Waals surface area contributed by atoms with Crippen molar-refractivity contribution in [1.82, 2.24) is 4.98 Å². The van der Waals surface area contributed by atoms with E-state index in [4.69, 9.17) is 9.31 Å². The van der Waals surface area contributed by atoms with Gasteiger partial charge in [0, 0.05) is 23.2 Å². The molecule has 0 spiro atoms. The van der Waals surface area contributed by atoms with Crippen LogP contribution in [0.3, 0.4) is 0 Å². The second-order valence-corrected chi connectivity index (χ2v) is 8.14. The zero-order chi connectivity index (χ0) is 17.8. The molecular weight excluding hydrogens is 311 g/mol. The lowest BCUT2D eigenvalue weighted by atomic mass is 9.78. The Balaban J connectivity index is 1.74. The molecule has 3 heterocycles. The number of anilines is 1. The highest BCUT2D eigenvalue weighted by atomic mass is 16.7. The number of rotatable bonds is 1. The number of fused-ring (bicyclic) bond motifs is 3. The molecule has 1 N–H and O–H groups in total. The SMILES string of the molecule is CC1CC=Cc2c(ncc3cc(B4OC(C)(C)C(C)(C)O4)ccc23)N1. The molecule has 1 saturated heterocycles. The van der Waals surface area contributed by atoms with Gasteiger partial charge >= 0.3 is 7.12 Å². The number of aromatic nitrogens is 1. The molecule has 2 aliphatic heterocycles. The number of hydrogen-bond donors (Lipinski definition) is 1. The average molecular weight is 336 g/mol. The van der Waals surface area contributed by atoms with Gasteiger partial charge in [-0.3, -0.25) is 0 Å². The van der Waals surface area contributed by atoms with Crippen LogP contribution < -0.4 is 10.8 Å². The summed E-state index contributed by atoms with van der Waals surface area (Å²) in [7, 11) is -0.345. The van der Waals surface area contributed by atoms with Crippen LogP contribution in [0.1, 0.15) is 46.6 Å². The first-order valence-corrected chi connectivity index (χ1v) is 8.98. The Morgan fingerprint density at radius 1 is 1.16 bits per heavy atom. The molecule has 5 heteroatoms. The zero-order valence-electron chi connectivity index (χ0n) is 15.6. The summed E-state index contributed by atoms with van der Waals surface area (Å²) in [5.41, 5.74) is 1.53. The number of benzene rings is 1. The van der Waals surface area contributed by atoms with Crippen LogP contribution in [-0.4, -0.2) is 29.3 Å². The lowest BCUT2D eigenvalue weighted by Crippen LogP contribution is -2.41. The monoisotopic (exact) mass is 336 g/mol. The number of hydrogen-bond acceptors (Lipinski definition) is 4. The maximum Gasteiger partial charge on any atom is 0.494 e. The smallest absolute Gasteiger partial charge is 0.399 e. The Hall–Kier alpha value is -1.85. The number of nitrogens with zero attached hydrogens (tertiary/aromatic N) is 1. The van der Waals surface area contributed by atoms with Crippen LogP contribution in [0.15, 0.2) is 30.5 Å². The first-order chi connectivity index (χ1) is 11.8. The molecule has 25 heavy (non-hydrogen) atoms. The van der Waals surface area contributed by atoms with Crippen molar-refractivity contribution >= 4 is 35.2 Å². The Kier molecular flexibility index (Phi) is 3.71. The molecule has 1 unspecified atom stereocenters. The van der Waals surface area contributed by atoms with Gasteiger partial charge in [-0.25, -0.2) is 4.98 Å². The summed E-state index contributed by atoms with van der Waals surface area (Å²) in [5.74, 6) is 0.956. The van der Waals surface area contributed by atoms with Crippen LogP contribution in [0.5, 0.6) is 0 Å². The molecular formula is C20H25BN2O2. The van der Waals surface area contributed by atoms with E-state index in [-0.39, 0.29) is 18.3 Å². The molecule has 4 nitrogen and oxygen atoms in total. The Morgan fingerprint density at radius 3 is 2.60 bits per heavy atom. The third-order valence-electron chi connectivity index (χ3n) is 5.64. The van der Waals surface area contributed by atoms with E-state index >= 15 is 0 Å². The lowest BCUT2D eigenvalue weighted by molar-refractivity contribution is 0.00578. The fourth-order valence-electron chi connectivity index (χ4n) is 3.36. The summed E-state index contributed by atoms with van der Waals surface area (Å²) in [5, 5.41) is 5.78. The highest BCUT2D eigenvalue weighted by Crippen LogP contribution is 2.37. The fraction of sp³-hybridized carbons (Fsp3) is 0.450. The van der Waals surface area contributed by atoms with Gasteiger partial charge in [-0.05, 0) is 51.9 Å². The maximum atomic E-state index is 6.18. The number of pyridine rings is 1. The minimum atomic E-state index is -0.345. The van der Waals surface area contributed by atoms with E-state index in [1.807, 2.05) is 6.20 Å². The Labute approximate surface area is 149 Å². The summed E-state index contributed by atoms with van der Waals surface area (Å²) in [6, 6.07) is 6.78. The highest BCUT2D eigenvalue weighted by Gasteiger charge is 2.51. The second kappa shape index (κ2) is 5.58. The molecule has 0 aliphatic carbocycles. The second-order valence-electron chi connectivity index (χ2n) is 8.14. The fourth-order valence-corrected chi connectivity index (χ4v) is 3.36. The van der Waals surface area contributed by atoms with Crippen molar-refractivity contribution in [2.24, 2.45) is 0 Å². The molecule has 0 radical (unpaired) electrons. The van der Waals surface area contributed by atoms with E-state index in [9.17, 15) is 0 Å². The third kappa shape index (κ3) is 2.76. The molecule has 2 aliphatic rings. The lowest BCUT2D eigenvalue weighted by Gasteiger charge is -2.32. The highest BCUT2D eigenvalue weighted by molar-refractivity contribution is 6.62. The van der Waals surface area contributed by atoms with Crippen molar-refractivity contribution in [3.8, 4) is 0 Å². The first kappa shape index (κ1) is 16.6. The molecule has 0 saturated carbocycles. The predicted octanol–water partition coefficient (Wildman–Crippen LogP) is 3.75. The summed E-state index contributed by atoms with van der Waals surface area (Å²) in [6.07, 6.45) is 7.33. The van der Waals surface area contributed by atoms with Gasteiger partial charge in [0.15, 0.2) is 0 Å².